The first-order valence-electron chi connectivity index (χ1n) is 10.3. The van der Waals surface area contributed by atoms with Gasteiger partial charge in [0.1, 0.15) is 11.9 Å². The molecule has 2 aliphatic rings. The largest absolute Gasteiger partial charge is 0.488 e. The number of amides is 1. The summed E-state index contributed by atoms with van der Waals surface area (Å²) in [6.45, 7) is 1.12. The number of benzene rings is 1. The van der Waals surface area contributed by atoms with Crippen LogP contribution in [-0.4, -0.2) is 58.9 Å². The molecule has 0 spiro atoms. The number of nitrogens with zero attached hydrogens (tertiary/aromatic N) is 2. The Morgan fingerprint density at radius 2 is 1.81 bits per heavy atom. The molecule has 8 heteroatoms. The number of fused-ring (bicyclic) bond motifs is 1. The molecule has 0 unspecified atom stereocenters. The summed E-state index contributed by atoms with van der Waals surface area (Å²) in [5.74, 6) is 0.274. The molecule has 1 aliphatic heterocycles. The molecule has 8 nitrogen and oxygen atoms in total. The maximum absolute atomic E-state index is 12.9. The Morgan fingerprint density at radius 1 is 1.06 bits per heavy atom. The van der Waals surface area contributed by atoms with Crippen LogP contribution in [0.1, 0.15) is 33.6 Å². The topological polar surface area (TPSA) is 98.1 Å². The van der Waals surface area contributed by atoms with Gasteiger partial charge in [-0.05, 0) is 48.9 Å². The molecule has 2 heterocycles. The number of aryl methyl sites for hydroxylation is 1. The van der Waals surface area contributed by atoms with Crippen molar-refractivity contribution in [3.63, 3.8) is 0 Å². The van der Waals surface area contributed by atoms with Crippen molar-refractivity contribution in [2.75, 3.05) is 20.2 Å². The Balaban J connectivity index is 1.43. The van der Waals surface area contributed by atoms with E-state index in [1.54, 1.807) is 48.5 Å². The van der Waals surface area contributed by atoms with Gasteiger partial charge in [0, 0.05) is 38.0 Å². The van der Waals surface area contributed by atoms with Crippen LogP contribution in [0.25, 0.3) is 0 Å². The molecule has 1 aromatic heterocycles. The van der Waals surface area contributed by atoms with E-state index in [9.17, 15) is 19.5 Å². The van der Waals surface area contributed by atoms with Gasteiger partial charge in [0.25, 0.3) is 11.5 Å². The van der Waals surface area contributed by atoms with Crippen LogP contribution in [0, 0.1) is 11.8 Å². The quantitative estimate of drug-likeness (QED) is 0.744. The molecule has 4 rings (SSSR count). The Bertz CT molecular complexity index is 1050. The molecule has 1 saturated heterocycles. The highest BCUT2D eigenvalue weighted by molar-refractivity contribution is 5.94. The normalized spacial score (nSPS) is 25.1. The van der Waals surface area contributed by atoms with Gasteiger partial charge in [-0.2, -0.15) is 0 Å². The van der Waals surface area contributed by atoms with Gasteiger partial charge in [-0.15, -0.1) is 0 Å². The Morgan fingerprint density at radius 3 is 2.52 bits per heavy atom. The number of ether oxygens (including phenoxy) is 2. The predicted molar refractivity (Wildman–Crippen MR) is 112 cm³/mol. The van der Waals surface area contributed by atoms with E-state index in [2.05, 4.69) is 0 Å². The van der Waals surface area contributed by atoms with Crippen molar-refractivity contribution in [2.45, 2.75) is 25.0 Å². The second kappa shape index (κ2) is 8.55. The van der Waals surface area contributed by atoms with Crippen molar-refractivity contribution in [1.82, 2.24) is 9.47 Å². The third kappa shape index (κ3) is 4.34. The zero-order valence-corrected chi connectivity index (χ0v) is 17.6. The summed E-state index contributed by atoms with van der Waals surface area (Å²) >= 11 is 0. The number of aliphatic hydroxyl groups excluding tert-OH is 1. The summed E-state index contributed by atoms with van der Waals surface area (Å²) in [7, 11) is 2.96. The maximum atomic E-state index is 12.9. The summed E-state index contributed by atoms with van der Waals surface area (Å²) in [6.07, 6.45) is 1.64. The average Bonchev–Trinajstić information content (AvgIpc) is 3.17. The fourth-order valence-corrected chi connectivity index (χ4v) is 4.54. The third-order valence-corrected chi connectivity index (χ3v) is 6.27. The van der Waals surface area contributed by atoms with E-state index in [0.717, 1.165) is 0 Å². The first kappa shape index (κ1) is 21.1. The molecule has 1 amide bonds. The zero-order chi connectivity index (χ0) is 22.1. The van der Waals surface area contributed by atoms with Gasteiger partial charge >= 0.3 is 5.97 Å². The SMILES string of the molecule is COC(=O)c1cccc(O[C@@H]2C[C@@H]3CN(C(=O)c4ccn(C)c(=O)c4)C[C@@H]3C[C@H]2O)c1. The molecule has 1 aromatic carbocycles. The van der Waals surface area contributed by atoms with E-state index in [1.807, 2.05) is 0 Å². The van der Waals surface area contributed by atoms with Crippen LogP contribution in [0.4, 0.5) is 0 Å². The monoisotopic (exact) mass is 426 g/mol. The van der Waals surface area contributed by atoms with E-state index in [-0.39, 0.29) is 23.3 Å². The number of pyridine rings is 1. The van der Waals surface area contributed by atoms with E-state index in [4.69, 9.17) is 9.47 Å². The van der Waals surface area contributed by atoms with E-state index in [1.165, 1.54) is 17.7 Å². The molecule has 4 atom stereocenters. The number of aliphatic hydroxyl groups is 1. The molecule has 1 aliphatic carbocycles. The Hall–Kier alpha value is -3.13. The number of esters is 1. The number of methoxy groups -OCH3 is 1. The number of hydrogen-bond donors (Lipinski definition) is 1. The van der Waals surface area contributed by atoms with Crippen molar-refractivity contribution in [3.05, 3.63) is 64.1 Å². The highest BCUT2D eigenvalue weighted by Gasteiger charge is 2.44. The molecule has 31 heavy (non-hydrogen) atoms. The minimum absolute atomic E-state index is 0.162. The predicted octanol–water partition coefficient (Wildman–Crippen LogP) is 1.46. The van der Waals surface area contributed by atoms with Crippen molar-refractivity contribution in [3.8, 4) is 5.75 Å². The van der Waals surface area contributed by atoms with Gasteiger partial charge < -0.3 is 24.0 Å². The number of likely N-dealkylation sites (tertiary alicyclic amines) is 1. The minimum atomic E-state index is -0.665. The molecule has 1 saturated carbocycles. The number of carbonyl (C=O) groups is 2. The fourth-order valence-electron chi connectivity index (χ4n) is 4.54. The molecule has 2 aromatic rings. The van der Waals surface area contributed by atoms with E-state index < -0.39 is 18.2 Å². The highest BCUT2D eigenvalue weighted by Crippen LogP contribution is 2.38. The lowest BCUT2D eigenvalue weighted by atomic mass is 9.78. The molecule has 2 fully saturated rings. The lowest BCUT2D eigenvalue weighted by molar-refractivity contribution is -0.0231. The zero-order valence-electron chi connectivity index (χ0n) is 17.6. The molecule has 164 valence electrons. The molecular weight excluding hydrogens is 400 g/mol. The maximum Gasteiger partial charge on any atom is 0.337 e. The van der Waals surface area contributed by atoms with Crippen LogP contribution in [0.15, 0.2) is 47.4 Å². The Labute approximate surface area is 180 Å². The number of hydrogen-bond acceptors (Lipinski definition) is 6. The number of carbonyl (C=O) groups excluding carboxylic acids is 2. The lowest BCUT2D eigenvalue weighted by Crippen LogP contribution is -2.42. The summed E-state index contributed by atoms with van der Waals surface area (Å²) in [6, 6.07) is 9.71. The van der Waals surface area contributed by atoms with E-state index in [0.29, 0.717) is 42.8 Å². The lowest BCUT2D eigenvalue weighted by Gasteiger charge is -2.35. The van der Waals surface area contributed by atoms with Gasteiger partial charge in [-0.1, -0.05) is 6.07 Å². The van der Waals surface area contributed by atoms with Crippen molar-refractivity contribution < 1.29 is 24.2 Å². The fraction of sp³-hybridized carbons (Fsp3) is 0.435. The molecule has 1 N–H and O–H groups in total. The second-order valence-corrected chi connectivity index (χ2v) is 8.31. The van der Waals surface area contributed by atoms with Crippen molar-refractivity contribution >= 4 is 11.9 Å². The van der Waals surface area contributed by atoms with Crippen LogP contribution < -0.4 is 10.3 Å². The average molecular weight is 426 g/mol. The summed E-state index contributed by atoms with van der Waals surface area (Å²) in [5, 5.41) is 10.6. The summed E-state index contributed by atoms with van der Waals surface area (Å²) < 4.78 is 12.2. The molecular formula is C23H26N2O6. The van der Waals surface area contributed by atoms with Gasteiger partial charge in [0.05, 0.1) is 18.8 Å². The van der Waals surface area contributed by atoms with Gasteiger partial charge in [0.2, 0.25) is 0 Å². The Kier molecular flexibility index (Phi) is 5.82. The van der Waals surface area contributed by atoms with Crippen LogP contribution >= 0.6 is 0 Å². The molecule has 0 radical (unpaired) electrons. The van der Waals surface area contributed by atoms with Crippen molar-refractivity contribution in [2.24, 2.45) is 18.9 Å². The van der Waals surface area contributed by atoms with Crippen molar-refractivity contribution in [1.29, 1.82) is 0 Å². The number of rotatable bonds is 4. The van der Waals surface area contributed by atoms with Crippen LogP contribution in [0.3, 0.4) is 0 Å². The van der Waals surface area contributed by atoms with Gasteiger partial charge in [-0.3, -0.25) is 9.59 Å². The first-order valence-corrected chi connectivity index (χ1v) is 10.3. The highest BCUT2D eigenvalue weighted by atomic mass is 16.5. The van der Waals surface area contributed by atoms with Gasteiger partial charge in [0.15, 0.2) is 0 Å². The van der Waals surface area contributed by atoms with Crippen LogP contribution in [0.2, 0.25) is 0 Å². The minimum Gasteiger partial charge on any atom is -0.488 e. The first-order chi connectivity index (χ1) is 14.9. The molecule has 0 bridgehead atoms. The van der Waals surface area contributed by atoms with Crippen LogP contribution in [-0.2, 0) is 11.8 Å². The standard InChI is InChI=1S/C23H26N2O6/c1-24-7-6-14(11-21(24)27)22(28)25-12-16-9-19(26)20(10-17(16)13-25)31-18-5-3-4-15(8-18)23(29)30-2/h3-8,11,16-17,19-20,26H,9-10,12-13H2,1-2H3/t16-,17+,19+,20+/m0/s1. The van der Waals surface area contributed by atoms with Crippen LogP contribution in [0.5, 0.6) is 5.75 Å². The van der Waals surface area contributed by atoms with Gasteiger partial charge in [-0.25, -0.2) is 4.79 Å². The third-order valence-electron chi connectivity index (χ3n) is 6.27. The smallest absolute Gasteiger partial charge is 0.337 e. The van der Waals surface area contributed by atoms with E-state index >= 15 is 0 Å². The number of aromatic nitrogens is 1. The second-order valence-electron chi connectivity index (χ2n) is 8.31. The summed E-state index contributed by atoms with van der Waals surface area (Å²) in [5.41, 5.74) is 0.546. The summed E-state index contributed by atoms with van der Waals surface area (Å²) in [4.78, 5) is 38.3.